The van der Waals surface area contributed by atoms with Crippen molar-refractivity contribution in [3.8, 4) is 5.69 Å². The van der Waals surface area contributed by atoms with E-state index in [1.165, 1.54) is 61.2 Å². The zero-order valence-corrected chi connectivity index (χ0v) is 20.6. The van der Waals surface area contributed by atoms with Gasteiger partial charge in [0.25, 0.3) is 0 Å². The van der Waals surface area contributed by atoms with Gasteiger partial charge in [0, 0.05) is 33.3 Å². The van der Waals surface area contributed by atoms with Crippen LogP contribution in [0, 0.1) is 31.6 Å². The number of hydrogen-bond donors (Lipinski definition) is 0. The molecule has 0 saturated heterocycles. The summed E-state index contributed by atoms with van der Waals surface area (Å²) in [7, 11) is 0. The van der Waals surface area contributed by atoms with Gasteiger partial charge < -0.3 is 4.57 Å². The average molecular weight is 487 g/mol. The van der Waals surface area contributed by atoms with Gasteiger partial charge >= 0.3 is 0 Å². The lowest BCUT2D eigenvalue weighted by Crippen LogP contribution is -2.48. The number of hydrogen-bond acceptors (Lipinski definition) is 1. The molecule has 4 bridgehead atoms. The fourth-order valence-corrected chi connectivity index (χ4v) is 7.83. The largest absolute Gasteiger partial charge is 0.318 e. The lowest BCUT2D eigenvalue weighted by atomic mass is 9.48. The number of rotatable bonds is 4. The van der Waals surface area contributed by atoms with Crippen LogP contribution in [-0.4, -0.2) is 10.8 Å². The van der Waals surface area contributed by atoms with Crippen molar-refractivity contribution in [3.05, 3.63) is 81.6 Å². The third-order valence-electron chi connectivity index (χ3n) is 8.41. The Morgan fingerprint density at radius 3 is 2.19 bits per heavy atom. The van der Waals surface area contributed by atoms with Crippen LogP contribution in [0.3, 0.4) is 0 Å². The highest BCUT2D eigenvalue weighted by Crippen LogP contribution is 2.60. The molecule has 0 spiro atoms. The molecule has 0 aliphatic heterocycles. The predicted octanol–water partition coefficient (Wildman–Crippen LogP) is 8.08. The van der Waals surface area contributed by atoms with Gasteiger partial charge in [-0.2, -0.15) is 0 Å². The summed E-state index contributed by atoms with van der Waals surface area (Å²) in [5, 5.41) is 0. The molecule has 32 heavy (non-hydrogen) atoms. The van der Waals surface area contributed by atoms with Crippen molar-refractivity contribution in [2.45, 2.75) is 57.8 Å². The SMILES string of the molecule is Cc1cc(C=Nc2ccc(C34CC5CC(CC(C5)C3)C4)cc2)c(C)n1-c1cccc(Br)c1. The Balaban J connectivity index is 1.24. The van der Waals surface area contributed by atoms with Gasteiger partial charge in [-0.15, -0.1) is 0 Å². The van der Waals surface area contributed by atoms with E-state index >= 15 is 0 Å². The molecule has 0 unspecified atom stereocenters. The normalized spacial score (nSPS) is 28.7. The molecule has 4 fully saturated rings. The van der Waals surface area contributed by atoms with Crippen molar-refractivity contribution in [2.75, 3.05) is 0 Å². The maximum atomic E-state index is 4.84. The van der Waals surface area contributed by atoms with Crippen LogP contribution in [0.4, 0.5) is 5.69 Å². The van der Waals surface area contributed by atoms with Crippen LogP contribution in [-0.2, 0) is 5.41 Å². The van der Waals surface area contributed by atoms with Crippen LogP contribution in [0.5, 0.6) is 0 Å². The van der Waals surface area contributed by atoms with E-state index in [1.54, 1.807) is 5.56 Å². The van der Waals surface area contributed by atoms with Crippen LogP contribution < -0.4 is 0 Å². The van der Waals surface area contributed by atoms with E-state index in [2.05, 4.69) is 88.9 Å². The molecule has 0 N–H and O–H groups in total. The number of aryl methyl sites for hydroxylation is 1. The molecule has 2 nitrogen and oxygen atoms in total. The minimum atomic E-state index is 0.464. The Labute approximate surface area is 199 Å². The summed E-state index contributed by atoms with van der Waals surface area (Å²) in [5.74, 6) is 2.96. The number of aliphatic imine (C=N–C) groups is 1. The summed E-state index contributed by atoms with van der Waals surface area (Å²) in [6, 6.07) is 19.9. The van der Waals surface area contributed by atoms with Gasteiger partial charge in [-0.25, -0.2) is 0 Å². The van der Waals surface area contributed by atoms with Crippen LogP contribution in [0.25, 0.3) is 5.69 Å². The number of benzene rings is 2. The van der Waals surface area contributed by atoms with Crippen molar-refractivity contribution in [3.63, 3.8) is 0 Å². The molecular weight excluding hydrogens is 456 g/mol. The minimum absolute atomic E-state index is 0.464. The molecule has 0 radical (unpaired) electrons. The third-order valence-corrected chi connectivity index (χ3v) is 8.90. The van der Waals surface area contributed by atoms with Crippen LogP contribution in [0.2, 0.25) is 0 Å². The Morgan fingerprint density at radius 2 is 1.56 bits per heavy atom. The number of nitrogens with zero attached hydrogens (tertiary/aromatic N) is 2. The molecule has 1 heterocycles. The Bertz CT molecular complexity index is 1150. The summed E-state index contributed by atoms with van der Waals surface area (Å²) >= 11 is 3.59. The first-order chi connectivity index (χ1) is 15.5. The lowest BCUT2D eigenvalue weighted by Gasteiger charge is -2.57. The van der Waals surface area contributed by atoms with Crippen molar-refractivity contribution in [1.29, 1.82) is 0 Å². The smallest absolute Gasteiger partial charge is 0.0630 e. The molecule has 1 aromatic heterocycles. The Hall–Kier alpha value is -2.13. The molecule has 164 valence electrons. The maximum absolute atomic E-state index is 4.84. The molecule has 7 rings (SSSR count). The van der Waals surface area contributed by atoms with E-state index in [-0.39, 0.29) is 0 Å². The van der Waals surface area contributed by atoms with Crippen LogP contribution >= 0.6 is 15.9 Å². The second kappa shape index (κ2) is 7.73. The summed E-state index contributed by atoms with van der Waals surface area (Å²) in [5.41, 5.74) is 7.87. The maximum Gasteiger partial charge on any atom is 0.0630 e. The summed E-state index contributed by atoms with van der Waals surface area (Å²) in [6.07, 6.45) is 10.8. The second-order valence-electron chi connectivity index (χ2n) is 10.6. The van der Waals surface area contributed by atoms with Gasteiger partial charge in [0.2, 0.25) is 0 Å². The highest BCUT2D eigenvalue weighted by Gasteiger charge is 2.51. The fraction of sp³-hybridized carbons (Fsp3) is 0.414. The number of halogens is 1. The first-order valence-electron chi connectivity index (χ1n) is 12.1. The topological polar surface area (TPSA) is 17.3 Å². The summed E-state index contributed by atoms with van der Waals surface area (Å²) in [6.45, 7) is 4.33. The zero-order valence-electron chi connectivity index (χ0n) is 19.0. The monoisotopic (exact) mass is 486 g/mol. The van der Waals surface area contributed by atoms with E-state index in [0.29, 0.717) is 5.41 Å². The lowest BCUT2D eigenvalue weighted by molar-refractivity contribution is -0.00518. The molecular formula is C29H31BrN2. The van der Waals surface area contributed by atoms with Gasteiger partial charge in [0.05, 0.1) is 5.69 Å². The number of aromatic nitrogens is 1. The average Bonchev–Trinajstić information content (AvgIpc) is 3.04. The minimum Gasteiger partial charge on any atom is -0.318 e. The van der Waals surface area contributed by atoms with E-state index in [1.807, 2.05) is 6.21 Å². The quantitative estimate of drug-likeness (QED) is 0.331. The zero-order chi connectivity index (χ0) is 21.9. The van der Waals surface area contributed by atoms with E-state index in [9.17, 15) is 0 Å². The molecule has 4 saturated carbocycles. The predicted molar refractivity (Wildman–Crippen MR) is 136 cm³/mol. The van der Waals surface area contributed by atoms with Crippen LogP contribution in [0.1, 0.15) is 61.0 Å². The van der Waals surface area contributed by atoms with Gasteiger partial charge in [-0.1, -0.05) is 34.1 Å². The summed E-state index contributed by atoms with van der Waals surface area (Å²) < 4.78 is 3.39. The van der Waals surface area contributed by atoms with Crippen molar-refractivity contribution >= 4 is 27.8 Å². The highest BCUT2D eigenvalue weighted by molar-refractivity contribution is 9.10. The van der Waals surface area contributed by atoms with E-state index in [4.69, 9.17) is 4.99 Å². The molecule has 3 heteroatoms. The highest BCUT2D eigenvalue weighted by atomic mass is 79.9. The second-order valence-corrected chi connectivity index (χ2v) is 11.6. The van der Waals surface area contributed by atoms with Gasteiger partial charge in [-0.3, -0.25) is 4.99 Å². The Morgan fingerprint density at radius 1 is 0.906 bits per heavy atom. The molecule has 3 aromatic rings. The molecule has 2 aromatic carbocycles. The van der Waals surface area contributed by atoms with E-state index in [0.717, 1.165) is 27.9 Å². The fourth-order valence-electron chi connectivity index (χ4n) is 7.44. The third kappa shape index (κ3) is 3.50. The molecule has 0 atom stereocenters. The van der Waals surface area contributed by atoms with Crippen LogP contribution in [0.15, 0.2) is 64.1 Å². The van der Waals surface area contributed by atoms with Crippen molar-refractivity contribution < 1.29 is 0 Å². The van der Waals surface area contributed by atoms with Gasteiger partial charge in [0.15, 0.2) is 0 Å². The summed E-state index contributed by atoms with van der Waals surface area (Å²) in [4.78, 5) is 4.84. The molecule has 4 aliphatic carbocycles. The first kappa shape index (κ1) is 20.5. The molecule has 4 aliphatic rings. The first-order valence-corrected chi connectivity index (χ1v) is 12.9. The Kier molecular flexibility index (Phi) is 4.94. The standard InChI is InChI=1S/C29H31BrN2/c1-19-10-24(20(2)32(19)28-5-3-4-26(30)14-28)18-31-27-8-6-25(7-9-27)29-15-21-11-22(16-29)13-23(12-21)17-29/h3-10,14,18,21-23H,11-13,15-17H2,1-2H3. The van der Waals surface area contributed by atoms with Gasteiger partial charge in [-0.05, 0) is 118 Å². The van der Waals surface area contributed by atoms with Gasteiger partial charge in [0.1, 0.15) is 0 Å². The van der Waals surface area contributed by atoms with Crippen molar-refractivity contribution in [2.24, 2.45) is 22.7 Å². The van der Waals surface area contributed by atoms with E-state index < -0.39 is 0 Å². The van der Waals surface area contributed by atoms with Crippen molar-refractivity contribution in [1.82, 2.24) is 4.57 Å². The molecule has 0 amide bonds.